The molecule has 0 aliphatic carbocycles. The number of nitrogens with two attached hydrogens (primary N) is 1. The van der Waals surface area contributed by atoms with Gasteiger partial charge in [0.2, 0.25) is 11.8 Å². The molecule has 2 aliphatic rings. The largest absolute Gasteiger partial charge is 0.473 e. The minimum atomic E-state index is -0.277. The van der Waals surface area contributed by atoms with Crippen molar-refractivity contribution < 1.29 is 14.3 Å². The molecule has 0 spiro atoms. The first kappa shape index (κ1) is 16.1. The molecule has 1 atom stereocenters. The monoisotopic (exact) mass is 335 g/mol. The van der Waals surface area contributed by atoms with E-state index in [-0.39, 0.29) is 23.8 Å². The van der Waals surface area contributed by atoms with Gasteiger partial charge in [-0.1, -0.05) is 0 Å². The van der Waals surface area contributed by atoms with Crippen LogP contribution < -0.4 is 10.5 Å². The van der Waals surface area contributed by atoms with Crippen molar-refractivity contribution >= 4 is 23.6 Å². The highest BCUT2D eigenvalue weighted by atomic mass is 32.2. The number of aromatic nitrogens is 1. The van der Waals surface area contributed by atoms with Crippen LogP contribution in [0.3, 0.4) is 0 Å². The zero-order valence-corrected chi connectivity index (χ0v) is 13.8. The number of hydrogen-bond acceptors (Lipinski definition) is 5. The number of ether oxygens (including phenoxy) is 1. The van der Waals surface area contributed by atoms with Gasteiger partial charge in [0.15, 0.2) is 0 Å². The molecule has 1 unspecified atom stereocenters. The number of carbonyl (C=O) groups is 2. The van der Waals surface area contributed by atoms with E-state index in [1.807, 2.05) is 11.8 Å². The Bertz CT molecular complexity index is 582. The van der Waals surface area contributed by atoms with Gasteiger partial charge in [0, 0.05) is 31.0 Å². The normalized spacial score (nSPS) is 22.1. The van der Waals surface area contributed by atoms with Gasteiger partial charge in [-0.2, -0.15) is 11.8 Å². The molecular formula is C16H21N3O3S. The molecule has 0 saturated carbocycles. The van der Waals surface area contributed by atoms with E-state index in [0.717, 1.165) is 17.9 Å². The lowest BCUT2D eigenvalue weighted by molar-refractivity contribution is -0.123. The first-order valence-corrected chi connectivity index (χ1v) is 9.08. The maximum absolute atomic E-state index is 12.8. The Morgan fingerprint density at radius 3 is 2.74 bits per heavy atom. The first-order valence-electron chi connectivity index (χ1n) is 7.93. The first-order chi connectivity index (χ1) is 11.1. The van der Waals surface area contributed by atoms with Crippen molar-refractivity contribution in [1.29, 1.82) is 0 Å². The van der Waals surface area contributed by atoms with Gasteiger partial charge >= 0.3 is 0 Å². The molecule has 2 fully saturated rings. The number of primary amides is 1. The van der Waals surface area contributed by atoms with Crippen LogP contribution in [-0.4, -0.2) is 52.4 Å². The lowest BCUT2D eigenvalue weighted by atomic mass is 9.96. The maximum Gasteiger partial charge on any atom is 0.259 e. The van der Waals surface area contributed by atoms with Gasteiger partial charge in [-0.3, -0.25) is 9.59 Å². The summed E-state index contributed by atoms with van der Waals surface area (Å²) in [5, 5.41) is 0. The van der Waals surface area contributed by atoms with Crippen LogP contribution in [0, 0.1) is 5.92 Å². The van der Waals surface area contributed by atoms with Crippen LogP contribution in [0.25, 0.3) is 0 Å². The third-order valence-electron chi connectivity index (χ3n) is 4.35. The quantitative estimate of drug-likeness (QED) is 0.896. The molecule has 1 aromatic rings. The molecule has 23 heavy (non-hydrogen) atoms. The fourth-order valence-electron chi connectivity index (χ4n) is 2.95. The van der Waals surface area contributed by atoms with E-state index in [0.29, 0.717) is 37.4 Å². The number of nitrogens with zero attached hydrogens (tertiary/aromatic N) is 2. The number of pyridine rings is 1. The standard InChI is InChI=1S/C16H21N3O3S/c17-14(20)11-3-7-19(8-4-11)16(21)13-2-1-6-18-15(13)22-12-5-9-23-10-12/h1-2,6,11-12H,3-5,7-10H2,(H2,17,20). The molecule has 1 aromatic heterocycles. The summed E-state index contributed by atoms with van der Waals surface area (Å²) in [7, 11) is 0. The molecule has 3 rings (SSSR count). The number of piperidine rings is 1. The summed E-state index contributed by atoms with van der Waals surface area (Å²) >= 11 is 1.85. The number of hydrogen-bond donors (Lipinski definition) is 1. The Hall–Kier alpha value is -1.76. The zero-order valence-electron chi connectivity index (χ0n) is 12.9. The molecule has 0 radical (unpaired) electrons. The van der Waals surface area contributed by atoms with E-state index in [2.05, 4.69) is 4.98 Å². The van der Waals surface area contributed by atoms with Crippen molar-refractivity contribution in [3.63, 3.8) is 0 Å². The second-order valence-electron chi connectivity index (χ2n) is 5.93. The molecule has 0 aromatic carbocycles. The Morgan fingerprint density at radius 1 is 1.30 bits per heavy atom. The predicted octanol–water partition coefficient (Wildman–Crippen LogP) is 1.30. The molecule has 2 amide bonds. The second-order valence-corrected chi connectivity index (χ2v) is 7.08. The molecule has 2 N–H and O–H groups in total. The van der Waals surface area contributed by atoms with E-state index in [1.165, 1.54) is 0 Å². The molecule has 2 aliphatic heterocycles. The fraction of sp³-hybridized carbons (Fsp3) is 0.562. The number of likely N-dealkylation sites (tertiary alicyclic amines) is 1. The lowest BCUT2D eigenvalue weighted by Crippen LogP contribution is -2.42. The predicted molar refractivity (Wildman–Crippen MR) is 88.4 cm³/mol. The minimum absolute atomic E-state index is 0.0818. The van der Waals surface area contributed by atoms with Crippen LogP contribution in [0.15, 0.2) is 18.3 Å². The number of thioether (sulfide) groups is 1. The molecular weight excluding hydrogens is 314 g/mol. The zero-order chi connectivity index (χ0) is 16.2. The van der Waals surface area contributed by atoms with Crippen molar-refractivity contribution in [2.24, 2.45) is 11.7 Å². The van der Waals surface area contributed by atoms with Crippen molar-refractivity contribution in [2.45, 2.75) is 25.4 Å². The Balaban J connectivity index is 1.68. The minimum Gasteiger partial charge on any atom is -0.473 e. The van der Waals surface area contributed by atoms with Crippen molar-refractivity contribution in [3.8, 4) is 5.88 Å². The molecule has 124 valence electrons. The van der Waals surface area contributed by atoms with Crippen LogP contribution >= 0.6 is 11.8 Å². The number of rotatable bonds is 4. The van der Waals surface area contributed by atoms with Crippen molar-refractivity contribution in [3.05, 3.63) is 23.9 Å². The Kier molecular flexibility index (Phi) is 5.05. The van der Waals surface area contributed by atoms with Crippen LogP contribution in [-0.2, 0) is 4.79 Å². The smallest absolute Gasteiger partial charge is 0.259 e. The van der Waals surface area contributed by atoms with Crippen LogP contribution in [0.1, 0.15) is 29.6 Å². The van der Waals surface area contributed by atoms with Gasteiger partial charge in [0.05, 0.1) is 0 Å². The van der Waals surface area contributed by atoms with Gasteiger partial charge in [0.1, 0.15) is 11.7 Å². The third kappa shape index (κ3) is 3.77. The highest BCUT2D eigenvalue weighted by Crippen LogP contribution is 2.26. The van der Waals surface area contributed by atoms with Crippen LogP contribution in [0.4, 0.5) is 0 Å². The molecule has 3 heterocycles. The molecule has 7 heteroatoms. The number of amides is 2. The van der Waals surface area contributed by atoms with E-state index in [4.69, 9.17) is 10.5 Å². The average molecular weight is 335 g/mol. The van der Waals surface area contributed by atoms with Crippen molar-refractivity contribution in [2.75, 3.05) is 24.6 Å². The van der Waals surface area contributed by atoms with Crippen LogP contribution in [0.5, 0.6) is 5.88 Å². The average Bonchev–Trinajstić information content (AvgIpc) is 3.08. The summed E-state index contributed by atoms with van der Waals surface area (Å²) in [4.78, 5) is 30.0. The van der Waals surface area contributed by atoms with E-state index in [1.54, 1.807) is 23.2 Å². The summed E-state index contributed by atoms with van der Waals surface area (Å²) in [6.45, 7) is 1.08. The van der Waals surface area contributed by atoms with Gasteiger partial charge in [-0.05, 0) is 37.1 Å². The third-order valence-corrected chi connectivity index (χ3v) is 5.48. The van der Waals surface area contributed by atoms with E-state index < -0.39 is 0 Å². The van der Waals surface area contributed by atoms with Gasteiger partial charge in [0.25, 0.3) is 5.91 Å². The summed E-state index contributed by atoms with van der Waals surface area (Å²) in [5.74, 6) is 1.96. The summed E-state index contributed by atoms with van der Waals surface area (Å²) in [6, 6.07) is 3.51. The van der Waals surface area contributed by atoms with E-state index >= 15 is 0 Å². The van der Waals surface area contributed by atoms with Crippen LogP contribution in [0.2, 0.25) is 0 Å². The summed E-state index contributed by atoms with van der Waals surface area (Å²) < 4.78 is 5.92. The SMILES string of the molecule is NC(=O)C1CCN(C(=O)c2cccnc2OC2CCSC2)CC1. The molecule has 0 bridgehead atoms. The Labute approximate surface area is 139 Å². The highest BCUT2D eigenvalue weighted by molar-refractivity contribution is 7.99. The lowest BCUT2D eigenvalue weighted by Gasteiger charge is -2.31. The van der Waals surface area contributed by atoms with E-state index in [9.17, 15) is 9.59 Å². The van der Waals surface area contributed by atoms with Crippen molar-refractivity contribution in [1.82, 2.24) is 9.88 Å². The van der Waals surface area contributed by atoms with Gasteiger partial charge in [-0.25, -0.2) is 4.98 Å². The molecule has 6 nitrogen and oxygen atoms in total. The Morgan fingerprint density at radius 2 is 2.09 bits per heavy atom. The molecule has 2 saturated heterocycles. The number of carbonyl (C=O) groups excluding carboxylic acids is 2. The summed E-state index contributed by atoms with van der Waals surface area (Å²) in [6.07, 6.45) is 4.00. The van der Waals surface area contributed by atoms with Gasteiger partial charge in [-0.15, -0.1) is 0 Å². The van der Waals surface area contributed by atoms with Gasteiger partial charge < -0.3 is 15.4 Å². The fourth-order valence-corrected chi connectivity index (χ4v) is 4.04. The topological polar surface area (TPSA) is 85.5 Å². The second kappa shape index (κ2) is 7.21. The summed E-state index contributed by atoms with van der Waals surface area (Å²) in [5.41, 5.74) is 5.84. The highest BCUT2D eigenvalue weighted by Gasteiger charge is 2.29. The maximum atomic E-state index is 12.8.